The molecule has 0 radical (unpaired) electrons. The summed E-state index contributed by atoms with van der Waals surface area (Å²) in [5, 5.41) is 34.6. The van der Waals surface area contributed by atoms with E-state index >= 15 is 0 Å². The number of H-pyrrole nitrogens is 1. The lowest BCUT2D eigenvalue weighted by Crippen LogP contribution is -2.61. The number of carbonyl (C=O) groups is 11. The number of carboxylic acid groups (broad SMARTS) is 1. The summed E-state index contributed by atoms with van der Waals surface area (Å²) in [7, 11) is 4.25. The maximum Gasteiger partial charge on any atom is 0.408 e. The number of carbonyl (C=O) groups excluding carboxylic acids is 10. The zero-order valence-corrected chi connectivity index (χ0v) is 56.8. The number of aromatic nitrogens is 1. The Hall–Kier alpha value is -7.08. The van der Waals surface area contributed by atoms with Gasteiger partial charge in [0.2, 0.25) is 53.2 Å². The number of para-hydroxylation sites is 1. The number of primary amides is 1. The quantitative estimate of drug-likeness (QED) is 0.0209. The van der Waals surface area contributed by atoms with Crippen LogP contribution in [-0.2, 0) is 72.1 Å². The van der Waals surface area contributed by atoms with Crippen molar-refractivity contribution < 1.29 is 62.6 Å². The fraction of sp³-hybridized carbons (Fsp3) is 0.500. The van der Waals surface area contributed by atoms with Crippen LogP contribution in [0.5, 0.6) is 0 Å². The Labute approximate surface area is 551 Å². The highest BCUT2D eigenvalue weighted by Crippen LogP contribution is 2.43. The number of aromatic amines is 1. The van der Waals surface area contributed by atoms with Crippen LogP contribution in [0.1, 0.15) is 97.3 Å². The molecule has 0 fully saturated rings. The molecule has 0 spiro atoms. The first-order chi connectivity index (χ1) is 43.2. The van der Waals surface area contributed by atoms with Crippen LogP contribution in [0.4, 0.5) is 4.79 Å². The van der Waals surface area contributed by atoms with Crippen LogP contribution in [0.25, 0.3) is 10.9 Å². The number of aliphatic carboxylic acids is 1. The summed E-state index contributed by atoms with van der Waals surface area (Å²) in [6, 6.07) is 13.2. The Kier molecular flexibility index (Phi) is 33.0. The largest absolute Gasteiger partial charge is 0.480 e. The minimum absolute atomic E-state index is 0.0507. The van der Waals surface area contributed by atoms with Gasteiger partial charge in [0.1, 0.15) is 61.0 Å². The molecular formula is C62H87N11O13S5. The summed E-state index contributed by atoms with van der Waals surface area (Å²) in [6.45, 7) is 12.3. The van der Waals surface area contributed by atoms with Gasteiger partial charge in [-0.2, -0.15) is 23.5 Å². The van der Waals surface area contributed by atoms with E-state index < -0.39 is 120 Å². The molecule has 10 amide bonds. The van der Waals surface area contributed by atoms with Crippen LogP contribution < -0.4 is 53.6 Å². The molecule has 0 aliphatic heterocycles. The highest BCUT2D eigenvalue weighted by Gasteiger charge is 2.35. The van der Waals surface area contributed by atoms with Crippen molar-refractivity contribution in [2.45, 2.75) is 159 Å². The fourth-order valence-electron chi connectivity index (χ4n) is 8.80. The number of thioether (sulfide) groups is 2. The van der Waals surface area contributed by atoms with E-state index in [0.717, 1.165) is 10.9 Å². The second-order valence-electron chi connectivity index (χ2n) is 22.9. The van der Waals surface area contributed by atoms with Crippen LogP contribution in [0, 0.1) is 5.92 Å². The van der Waals surface area contributed by atoms with Crippen LogP contribution in [0.3, 0.4) is 0 Å². The van der Waals surface area contributed by atoms with Crippen LogP contribution in [0.2, 0.25) is 0 Å². The van der Waals surface area contributed by atoms with E-state index in [0.29, 0.717) is 28.2 Å². The number of nitrogens with one attached hydrogen (secondary N) is 10. The number of nitrogens with two attached hydrogens (primary N) is 1. The molecule has 0 unspecified atom stereocenters. The van der Waals surface area contributed by atoms with Gasteiger partial charge in [-0.25, -0.2) is 9.59 Å². The van der Waals surface area contributed by atoms with Crippen LogP contribution in [-0.4, -0.2) is 164 Å². The Balaban J connectivity index is 1.57. The normalized spacial score (nSPS) is 14.3. The Morgan fingerprint density at radius 3 is 1.57 bits per heavy atom. The molecule has 29 heteroatoms. The SMILES string of the molecule is CSCC[C@H](NC(=O)[C@H](CSSSC(C)(C)C)NC(=O)[C@H](C)NC(=O)[C@H](Cc1c[nH]c2ccccc12)NC(=O)[C@H](CCSC)NC(=O)[C@H](Cc1ccccc1)NC(=O)[C@H](CC(C)C)NC(=O)[C@H](C)NC(=O)[C@H](CCC(N)=O)NC(=O)OCc1ccccc1)C(=O)O. The lowest BCUT2D eigenvalue weighted by Gasteiger charge is -2.28. The summed E-state index contributed by atoms with van der Waals surface area (Å²) in [4.78, 5) is 154. The van der Waals surface area contributed by atoms with Gasteiger partial charge in [0.15, 0.2) is 0 Å². The molecule has 3 aromatic carbocycles. The number of fused-ring (bicyclic) bond motifs is 1. The standard InChI is InChI=1S/C62H87N11O13S5/c1-36(2)30-47(69-52(75)37(3)65-54(77)44(24-25-51(63)74)73-61(85)86-34-40-20-14-11-15-21-40)57(80)70-48(31-39-18-12-10-13-19-39)58(81)67-45(26-28-87-8)55(78)71-49(32-41-33-64-43-23-17-16-22-42(41)43)56(79)66-38(4)53(76)72-50(35-89-91-90-62(5,6)7)59(82)68-46(60(83)84)27-29-88-9/h10-23,33,36-38,44-50,64H,24-32,34-35H2,1-9H3,(H2,63,74)(H,65,77)(H,66,79)(H,67,81)(H,68,82)(H,69,75)(H,70,80)(H,71,78)(H,72,76)(H,73,85)(H,83,84)/t37-,38-,44-,45-,46-,47-,48-,49-,50-/m0/s1. The van der Waals surface area contributed by atoms with Gasteiger partial charge in [0.05, 0.1) is 0 Å². The van der Waals surface area contributed by atoms with E-state index in [4.69, 9.17) is 10.5 Å². The molecule has 1 heterocycles. The van der Waals surface area contributed by atoms with Crippen molar-refractivity contribution in [1.29, 1.82) is 0 Å². The first-order valence-electron chi connectivity index (χ1n) is 29.6. The van der Waals surface area contributed by atoms with Gasteiger partial charge in [-0.15, -0.1) is 0 Å². The number of rotatable bonds is 39. The van der Waals surface area contributed by atoms with Gasteiger partial charge in [-0.05, 0) is 102 Å². The van der Waals surface area contributed by atoms with Crippen LogP contribution in [0.15, 0.2) is 91.1 Å². The third kappa shape index (κ3) is 28.1. The van der Waals surface area contributed by atoms with Crippen molar-refractivity contribution in [2.75, 3.05) is 29.8 Å². The third-order valence-electron chi connectivity index (χ3n) is 13.7. The Bertz CT molecular complexity index is 3070. The molecule has 4 aromatic rings. The predicted molar refractivity (Wildman–Crippen MR) is 361 cm³/mol. The number of carboxylic acids is 1. The summed E-state index contributed by atoms with van der Waals surface area (Å²) in [6.07, 6.45) is 3.94. The van der Waals surface area contributed by atoms with Crippen molar-refractivity contribution in [3.8, 4) is 0 Å². The molecule has 0 bridgehead atoms. The predicted octanol–water partition coefficient (Wildman–Crippen LogP) is 4.90. The van der Waals surface area contributed by atoms with E-state index in [-0.39, 0.29) is 68.0 Å². The van der Waals surface area contributed by atoms with Gasteiger partial charge in [-0.3, -0.25) is 43.2 Å². The maximum absolute atomic E-state index is 14.8. The highest BCUT2D eigenvalue weighted by atomic mass is 33.5. The average Bonchev–Trinajstić information content (AvgIpc) is 1.83. The summed E-state index contributed by atoms with van der Waals surface area (Å²) < 4.78 is 5.14. The summed E-state index contributed by atoms with van der Waals surface area (Å²) in [5.74, 6) is -7.53. The Morgan fingerprint density at radius 1 is 0.538 bits per heavy atom. The highest BCUT2D eigenvalue weighted by molar-refractivity contribution is 9.09. The molecule has 0 aliphatic carbocycles. The minimum Gasteiger partial charge on any atom is -0.480 e. The summed E-state index contributed by atoms with van der Waals surface area (Å²) in [5.41, 5.74) is 8.06. The van der Waals surface area contributed by atoms with Gasteiger partial charge in [0, 0.05) is 46.9 Å². The molecular weight excluding hydrogens is 1270 g/mol. The molecule has 0 saturated heterocycles. The zero-order chi connectivity index (χ0) is 67.2. The second-order valence-corrected chi connectivity index (χ2v) is 29.8. The topological polar surface area (TPSA) is 367 Å². The number of amides is 10. The molecule has 498 valence electrons. The second kappa shape index (κ2) is 39.3. The Morgan fingerprint density at radius 2 is 1.00 bits per heavy atom. The minimum atomic E-state index is -1.37. The molecule has 1 aromatic heterocycles. The molecule has 0 saturated carbocycles. The first-order valence-corrected chi connectivity index (χ1v) is 36.1. The fourth-order valence-corrected chi connectivity index (χ4v) is 14.5. The molecule has 9 atom stereocenters. The molecule has 4 rings (SSSR count). The van der Waals surface area contributed by atoms with E-state index in [1.54, 1.807) is 83.9 Å². The van der Waals surface area contributed by atoms with Crippen molar-refractivity contribution in [3.63, 3.8) is 0 Å². The average molecular weight is 1350 g/mol. The number of ether oxygens (including phenoxy) is 1. The molecule has 91 heavy (non-hydrogen) atoms. The van der Waals surface area contributed by atoms with Crippen molar-refractivity contribution in [2.24, 2.45) is 11.7 Å². The zero-order valence-electron chi connectivity index (χ0n) is 52.7. The summed E-state index contributed by atoms with van der Waals surface area (Å²) >= 11 is 2.80. The number of benzene rings is 3. The molecule has 0 aliphatic rings. The van der Waals surface area contributed by atoms with E-state index in [1.807, 2.05) is 65.1 Å². The lowest BCUT2D eigenvalue weighted by molar-refractivity contribution is -0.142. The smallest absolute Gasteiger partial charge is 0.408 e. The van der Waals surface area contributed by atoms with Gasteiger partial charge in [-0.1, -0.05) is 135 Å². The van der Waals surface area contributed by atoms with Gasteiger partial charge < -0.3 is 68.4 Å². The molecule has 13 N–H and O–H groups in total. The lowest BCUT2D eigenvalue weighted by atomic mass is 10.00. The van der Waals surface area contributed by atoms with Crippen molar-refractivity contribution >= 4 is 131 Å². The maximum atomic E-state index is 14.8. The monoisotopic (exact) mass is 1350 g/mol. The molecule has 24 nitrogen and oxygen atoms in total. The van der Waals surface area contributed by atoms with Gasteiger partial charge >= 0.3 is 12.1 Å². The van der Waals surface area contributed by atoms with Crippen molar-refractivity contribution in [1.82, 2.24) is 52.8 Å². The van der Waals surface area contributed by atoms with Crippen molar-refractivity contribution in [3.05, 3.63) is 108 Å². The van der Waals surface area contributed by atoms with E-state index in [1.165, 1.54) is 58.0 Å². The number of alkyl carbamates (subject to hydrolysis) is 1. The number of hydrogen-bond acceptors (Lipinski definition) is 17. The van der Waals surface area contributed by atoms with E-state index in [9.17, 15) is 57.8 Å². The van der Waals surface area contributed by atoms with Gasteiger partial charge in [0.25, 0.3) is 0 Å². The number of hydrogen-bond donors (Lipinski definition) is 12. The van der Waals surface area contributed by atoms with E-state index in [2.05, 4.69) is 52.8 Å². The third-order valence-corrected chi connectivity index (χ3v) is 20.0. The first kappa shape index (κ1) is 76.4. The van der Waals surface area contributed by atoms with Crippen LogP contribution >= 0.6 is 54.9 Å².